The minimum absolute atomic E-state index is 0. The highest BCUT2D eigenvalue weighted by Crippen LogP contribution is 2.26. The zero-order chi connectivity index (χ0) is 19.9. The van der Waals surface area contributed by atoms with Crippen LogP contribution in [0.2, 0.25) is 5.02 Å². The van der Waals surface area contributed by atoms with E-state index < -0.39 is 0 Å². The van der Waals surface area contributed by atoms with Crippen LogP contribution in [0.15, 0.2) is 48.5 Å². The molecule has 1 atom stereocenters. The molecule has 5 nitrogen and oxygen atoms in total. The summed E-state index contributed by atoms with van der Waals surface area (Å²) in [4.78, 5) is 25.0. The summed E-state index contributed by atoms with van der Waals surface area (Å²) in [6.45, 7) is 4.18. The molecule has 1 unspecified atom stereocenters. The predicted octanol–water partition coefficient (Wildman–Crippen LogP) is 4.98. The number of piperidine rings is 1. The molecular weight excluding hydrogens is 409 g/mol. The lowest BCUT2D eigenvalue weighted by Crippen LogP contribution is -2.32. The Balaban J connectivity index is 0.00000300. The molecule has 0 saturated carbocycles. The lowest BCUT2D eigenvalue weighted by molar-refractivity contribution is -0.117. The van der Waals surface area contributed by atoms with Crippen molar-refractivity contribution in [3.8, 4) is 0 Å². The van der Waals surface area contributed by atoms with Crippen molar-refractivity contribution in [2.45, 2.75) is 26.2 Å². The molecule has 0 bridgehead atoms. The lowest BCUT2D eigenvalue weighted by Gasteiger charge is -2.27. The Hall–Kier alpha value is -2.08. The number of carbonyl (C=O) groups excluding carboxylic acids is 2. The van der Waals surface area contributed by atoms with E-state index in [4.69, 9.17) is 11.6 Å². The lowest BCUT2D eigenvalue weighted by atomic mass is 9.84. The van der Waals surface area contributed by atoms with E-state index in [0.29, 0.717) is 40.2 Å². The van der Waals surface area contributed by atoms with Crippen LogP contribution in [-0.2, 0) is 4.79 Å². The molecule has 1 heterocycles. The van der Waals surface area contributed by atoms with Crippen LogP contribution in [0.5, 0.6) is 0 Å². The van der Waals surface area contributed by atoms with Gasteiger partial charge in [0.15, 0.2) is 0 Å². The number of hydrogen-bond donors (Lipinski definition) is 3. The normalized spacial score (nSPS) is 15.1. The van der Waals surface area contributed by atoms with Crippen LogP contribution in [0.25, 0.3) is 0 Å². The fourth-order valence-corrected chi connectivity index (χ4v) is 3.78. The van der Waals surface area contributed by atoms with Gasteiger partial charge in [-0.1, -0.05) is 36.7 Å². The second kappa shape index (κ2) is 11.2. The van der Waals surface area contributed by atoms with Gasteiger partial charge >= 0.3 is 0 Å². The van der Waals surface area contributed by atoms with E-state index in [1.54, 1.807) is 30.3 Å². The van der Waals surface area contributed by atoms with Crippen molar-refractivity contribution in [1.82, 2.24) is 5.32 Å². The molecule has 3 rings (SSSR count). The number of anilines is 2. The fourth-order valence-electron chi connectivity index (χ4n) is 3.58. The highest BCUT2D eigenvalue weighted by atomic mass is 35.5. The summed E-state index contributed by atoms with van der Waals surface area (Å²) in [6, 6.07) is 14.1. The Morgan fingerprint density at radius 2 is 1.76 bits per heavy atom. The quantitative estimate of drug-likeness (QED) is 0.598. The van der Waals surface area contributed by atoms with Gasteiger partial charge in [-0.15, -0.1) is 12.4 Å². The molecule has 29 heavy (non-hydrogen) atoms. The number of hydrogen-bond acceptors (Lipinski definition) is 3. The molecule has 3 N–H and O–H groups in total. The molecule has 0 aliphatic carbocycles. The summed E-state index contributed by atoms with van der Waals surface area (Å²) in [7, 11) is 0. The third kappa shape index (κ3) is 6.74. The van der Waals surface area contributed by atoms with Crippen molar-refractivity contribution in [2.24, 2.45) is 11.8 Å². The molecular formula is C22H27Cl2N3O2. The maximum Gasteiger partial charge on any atom is 0.257 e. The summed E-state index contributed by atoms with van der Waals surface area (Å²) >= 11 is 6.20. The van der Waals surface area contributed by atoms with Crippen molar-refractivity contribution < 1.29 is 9.59 Å². The van der Waals surface area contributed by atoms with Gasteiger partial charge in [0.05, 0.1) is 10.6 Å². The summed E-state index contributed by atoms with van der Waals surface area (Å²) in [5.74, 6) is 0.554. The largest absolute Gasteiger partial charge is 0.326 e. The monoisotopic (exact) mass is 435 g/mol. The molecule has 1 saturated heterocycles. The molecule has 0 radical (unpaired) electrons. The molecule has 0 spiro atoms. The van der Waals surface area contributed by atoms with Gasteiger partial charge in [0.25, 0.3) is 5.91 Å². The van der Waals surface area contributed by atoms with E-state index in [2.05, 4.69) is 22.9 Å². The number of nitrogens with one attached hydrogen (secondary N) is 3. The molecule has 2 amide bonds. The fraction of sp³-hybridized carbons (Fsp3) is 0.364. The van der Waals surface area contributed by atoms with Gasteiger partial charge in [-0.05, 0) is 68.1 Å². The highest BCUT2D eigenvalue weighted by Gasteiger charge is 2.22. The Bertz CT molecular complexity index is 824. The second-order valence-corrected chi connectivity index (χ2v) is 7.74. The first-order chi connectivity index (χ1) is 13.5. The Kier molecular flexibility index (Phi) is 8.96. The maximum absolute atomic E-state index is 12.5. The minimum atomic E-state index is -0.310. The molecule has 2 aromatic rings. The maximum atomic E-state index is 12.5. The summed E-state index contributed by atoms with van der Waals surface area (Å²) in [6.07, 6.45) is 2.69. The molecule has 1 aliphatic heterocycles. The smallest absolute Gasteiger partial charge is 0.257 e. The first-order valence-corrected chi connectivity index (χ1v) is 10.1. The average Bonchev–Trinajstić information content (AvgIpc) is 2.70. The zero-order valence-electron chi connectivity index (χ0n) is 16.4. The van der Waals surface area contributed by atoms with Crippen LogP contribution in [0.3, 0.4) is 0 Å². The van der Waals surface area contributed by atoms with Crippen molar-refractivity contribution in [3.05, 3.63) is 59.1 Å². The number of halogens is 2. The van der Waals surface area contributed by atoms with Gasteiger partial charge in [0, 0.05) is 17.8 Å². The third-order valence-electron chi connectivity index (χ3n) is 5.22. The first kappa shape index (κ1) is 23.2. The van der Waals surface area contributed by atoms with Crippen LogP contribution in [0, 0.1) is 11.8 Å². The van der Waals surface area contributed by atoms with Gasteiger partial charge in [-0.25, -0.2) is 0 Å². The first-order valence-electron chi connectivity index (χ1n) is 9.69. The molecule has 7 heteroatoms. The molecule has 1 fully saturated rings. The van der Waals surface area contributed by atoms with E-state index in [1.807, 2.05) is 18.2 Å². The zero-order valence-corrected chi connectivity index (χ0v) is 18.0. The van der Waals surface area contributed by atoms with Crippen LogP contribution in [0.1, 0.15) is 36.5 Å². The summed E-state index contributed by atoms with van der Waals surface area (Å²) in [5, 5.41) is 9.41. The standard InChI is InChI=1S/C22H26ClN3O2.ClH/c1-15(16-9-11-24-12-10-16)13-21(27)25-18-7-8-20(23)19(14-18)22(28)26-17-5-3-2-4-6-17;/h2-8,14-16,24H,9-13H2,1H3,(H,25,27)(H,26,28);1H. The molecule has 2 aromatic carbocycles. The Labute approximate surface area is 183 Å². The van der Waals surface area contributed by atoms with E-state index in [9.17, 15) is 9.59 Å². The topological polar surface area (TPSA) is 70.2 Å². The van der Waals surface area contributed by atoms with Gasteiger partial charge in [0.1, 0.15) is 0 Å². The number of amides is 2. The number of rotatable bonds is 6. The van der Waals surface area contributed by atoms with Crippen molar-refractivity contribution in [3.63, 3.8) is 0 Å². The SMILES string of the molecule is CC(CC(=O)Nc1ccc(Cl)c(C(=O)Nc2ccccc2)c1)C1CCNCC1.Cl. The van der Waals surface area contributed by atoms with Gasteiger partial charge < -0.3 is 16.0 Å². The second-order valence-electron chi connectivity index (χ2n) is 7.33. The van der Waals surface area contributed by atoms with Gasteiger partial charge in [-0.3, -0.25) is 9.59 Å². The van der Waals surface area contributed by atoms with Crippen LogP contribution < -0.4 is 16.0 Å². The van der Waals surface area contributed by atoms with Gasteiger partial charge in [0.2, 0.25) is 5.91 Å². The van der Waals surface area contributed by atoms with E-state index in [0.717, 1.165) is 25.9 Å². The number of para-hydroxylation sites is 1. The summed E-state index contributed by atoms with van der Waals surface area (Å²) < 4.78 is 0. The van der Waals surface area contributed by atoms with Crippen molar-refractivity contribution in [2.75, 3.05) is 23.7 Å². The average molecular weight is 436 g/mol. The van der Waals surface area contributed by atoms with E-state index >= 15 is 0 Å². The predicted molar refractivity (Wildman–Crippen MR) is 121 cm³/mol. The van der Waals surface area contributed by atoms with E-state index in [-0.39, 0.29) is 24.2 Å². The molecule has 156 valence electrons. The summed E-state index contributed by atoms with van der Waals surface area (Å²) in [5.41, 5.74) is 1.59. The van der Waals surface area contributed by atoms with Crippen molar-refractivity contribution >= 4 is 47.2 Å². The minimum Gasteiger partial charge on any atom is -0.326 e. The van der Waals surface area contributed by atoms with Crippen LogP contribution >= 0.6 is 24.0 Å². The molecule has 1 aliphatic rings. The van der Waals surface area contributed by atoms with Crippen LogP contribution in [-0.4, -0.2) is 24.9 Å². The molecule has 0 aromatic heterocycles. The highest BCUT2D eigenvalue weighted by molar-refractivity contribution is 6.34. The van der Waals surface area contributed by atoms with Crippen molar-refractivity contribution in [1.29, 1.82) is 0 Å². The third-order valence-corrected chi connectivity index (χ3v) is 5.55. The Morgan fingerprint density at radius 3 is 2.45 bits per heavy atom. The Morgan fingerprint density at radius 1 is 1.07 bits per heavy atom. The number of carbonyl (C=O) groups is 2. The van der Waals surface area contributed by atoms with E-state index in [1.165, 1.54) is 0 Å². The van der Waals surface area contributed by atoms with Gasteiger partial charge in [-0.2, -0.15) is 0 Å². The van der Waals surface area contributed by atoms with Crippen LogP contribution in [0.4, 0.5) is 11.4 Å². The number of benzene rings is 2.